The van der Waals surface area contributed by atoms with E-state index in [0.717, 1.165) is 23.6 Å². The Hall–Kier alpha value is -1.35. The van der Waals surface area contributed by atoms with Gasteiger partial charge in [-0.25, -0.2) is 0 Å². The maximum atomic E-state index is 12.3. The first-order chi connectivity index (χ1) is 9.70. The van der Waals surface area contributed by atoms with Crippen LogP contribution in [0.2, 0.25) is 0 Å². The van der Waals surface area contributed by atoms with E-state index in [1.54, 1.807) is 4.90 Å². The Morgan fingerprint density at radius 1 is 1.30 bits per heavy atom. The first-order valence-electron chi connectivity index (χ1n) is 7.76. The predicted molar refractivity (Wildman–Crippen MR) is 83.6 cm³/mol. The largest absolute Gasteiger partial charge is 0.326 e. The summed E-state index contributed by atoms with van der Waals surface area (Å²) in [6.45, 7) is 0.512. The molecule has 2 rings (SSSR count). The summed E-state index contributed by atoms with van der Waals surface area (Å²) in [5.74, 6) is 0.973. The van der Waals surface area contributed by atoms with Crippen molar-refractivity contribution in [1.82, 2.24) is 0 Å². The fourth-order valence-electron chi connectivity index (χ4n) is 3.01. The molecule has 1 aromatic carbocycles. The van der Waals surface area contributed by atoms with E-state index in [0.29, 0.717) is 13.0 Å². The van der Waals surface area contributed by atoms with Crippen LogP contribution in [-0.4, -0.2) is 13.0 Å². The van der Waals surface area contributed by atoms with E-state index in [1.807, 2.05) is 31.3 Å². The predicted octanol–water partition coefficient (Wildman–Crippen LogP) is 3.47. The van der Waals surface area contributed by atoms with E-state index in [-0.39, 0.29) is 5.91 Å². The van der Waals surface area contributed by atoms with Crippen molar-refractivity contribution in [3.8, 4) is 0 Å². The second kappa shape index (κ2) is 7.44. The molecule has 2 N–H and O–H groups in total. The number of nitrogens with zero attached hydrogens (tertiary/aromatic N) is 1. The Bertz CT molecular complexity index is 438. The molecule has 0 atom stereocenters. The fraction of sp³-hybridized carbons (Fsp3) is 0.588. The molecule has 3 nitrogen and oxygen atoms in total. The molecule has 1 aromatic rings. The van der Waals surface area contributed by atoms with Gasteiger partial charge in [-0.3, -0.25) is 4.79 Å². The van der Waals surface area contributed by atoms with Crippen LogP contribution in [0.3, 0.4) is 0 Å². The number of benzene rings is 1. The summed E-state index contributed by atoms with van der Waals surface area (Å²) >= 11 is 0. The lowest BCUT2D eigenvalue weighted by Gasteiger charge is -2.23. The van der Waals surface area contributed by atoms with Gasteiger partial charge < -0.3 is 10.6 Å². The average molecular weight is 274 g/mol. The maximum absolute atomic E-state index is 12.3. The van der Waals surface area contributed by atoms with E-state index < -0.39 is 0 Å². The molecule has 3 heteroatoms. The number of carbonyl (C=O) groups is 1. The number of rotatable bonds is 5. The summed E-state index contributed by atoms with van der Waals surface area (Å²) in [7, 11) is 1.86. The molecule has 0 saturated heterocycles. The second-order valence-corrected chi connectivity index (χ2v) is 5.87. The number of anilines is 1. The molecule has 0 aliphatic heterocycles. The van der Waals surface area contributed by atoms with Crippen LogP contribution in [-0.2, 0) is 11.3 Å². The number of nitrogens with two attached hydrogens (primary N) is 1. The first-order valence-corrected chi connectivity index (χ1v) is 7.76. The summed E-state index contributed by atoms with van der Waals surface area (Å²) in [5.41, 5.74) is 7.66. The molecule has 0 heterocycles. The first kappa shape index (κ1) is 15.0. The maximum Gasteiger partial charge on any atom is 0.226 e. The molecule has 0 unspecified atom stereocenters. The average Bonchev–Trinajstić information content (AvgIpc) is 2.53. The minimum atomic E-state index is 0.213. The van der Waals surface area contributed by atoms with Crippen LogP contribution in [0.25, 0.3) is 0 Å². The van der Waals surface area contributed by atoms with Crippen molar-refractivity contribution in [3.63, 3.8) is 0 Å². The highest BCUT2D eigenvalue weighted by Gasteiger charge is 2.17. The van der Waals surface area contributed by atoms with Crippen LogP contribution in [0, 0.1) is 5.92 Å². The van der Waals surface area contributed by atoms with Crippen molar-refractivity contribution < 1.29 is 4.79 Å². The number of carbonyl (C=O) groups excluding carboxylic acids is 1. The van der Waals surface area contributed by atoms with Crippen LogP contribution in [0.4, 0.5) is 5.69 Å². The van der Waals surface area contributed by atoms with Crippen molar-refractivity contribution in [1.29, 1.82) is 0 Å². The third-order valence-electron chi connectivity index (χ3n) is 4.40. The van der Waals surface area contributed by atoms with Gasteiger partial charge in [-0.2, -0.15) is 0 Å². The summed E-state index contributed by atoms with van der Waals surface area (Å²) in [5, 5.41) is 0. The Morgan fingerprint density at radius 3 is 2.75 bits per heavy atom. The monoisotopic (exact) mass is 274 g/mol. The van der Waals surface area contributed by atoms with Crippen LogP contribution >= 0.6 is 0 Å². The van der Waals surface area contributed by atoms with E-state index >= 15 is 0 Å². The SMILES string of the molecule is CN(C(=O)CCC1CCCCC1)c1cccc(CN)c1. The van der Waals surface area contributed by atoms with E-state index in [2.05, 4.69) is 0 Å². The molecule has 0 bridgehead atoms. The van der Waals surface area contributed by atoms with Crippen LogP contribution in [0.1, 0.15) is 50.5 Å². The normalized spacial score (nSPS) is 16.1. The molecule has 110 valence electrons. The summed E-state index contributed by atoms with van der Waals surface area (Å²) < 4.78 is 0. The zero-order valence-corrected chi connectivity index (χ0v) is 12.5. The van der Waals surface area contributed by atoms with Gasteiger partial charge in [0.15, 0.2) is 0 Å². The lowest BCUT2D eigenvalue weighted by molar-refractivity contribution is -0.118. The van der Waals surface area contributed by atoms with E-state index in [1.165, 1.54) is 32.1 Å². The Morgan fingerprint density at radius 2 is 2.05 bits per heavy atom. The van der Waals surface area contributed by atoms with Crippen LogP contribution in [0.5, 0.6) is 0 Å². The van der Waals surface area contributed by atoms with Crippen molar-refractivity contribution in [2.45, 2.75) is 51.5 Å². The van der Waals surface area contributed by atoms with Crippen molar-refractivity contribution in [2.75, 3.05) is 11.9 Å². The van der Waals surface area contributed by atoms with Crippen molar-refractivity contribution >= 4 is 11.6 Å². The van der Waals surface area contributed by atoms with Gasteiger partial charge >= 0.3 is 0 Å². The number of amides is 1. The van der Waals surface area contributed by atoms with Gasteiger partial charge in [-0.1, -0.05) is 44.2 Å². The minimum Gasteiger partial charge on any atom is -0.326 e. The Kier molecular flexibility index (Phi) is 5.60. The Balaban J connectivity index is 1.87. The van der Waals surface area contributed by atoms with Crippen LogP contribution in [0.15, 0.2) is 24.3 Å². The molecule has 0 spiro atoms. The highest BCUT2D eigenvalue weighted by molar-refractivity contribution is 5.92. The molecule has 1 aliphatic rings. The minimum absolute atomic E-state index is 0.213. The fourth-order valence-corrected chi connectivity index (χ4v) is 3.01. The van der Waals surface area contributed by atoms with Gasteiger partial charge in [-0.15, -0.1) is 0 Å². The molecule has 0 radical (unpaired) electrons. The molecule has 1 fully saturated rings. The topological polar surface area (TPSA) is 46.3 Å². The third-order valence-corrected chi connectivity index (χ3v) is 4.40. The molecule has 1 amide bonds. The molecule has 20 heavy (non-hydrogen) atoms. The van der Waals surface area contributed by atoms with Gasteiger partial charge in [0.25, 0.3) is 0 Å². The molecule has 1 aliphatic carbocycles. The molecule has 1 saturated carbocycles. The van der Waals surface area contributed by atoms with E-state index in [4.69, 9.17) is 5.73 Å². The Labute approximate surface area is 122 Å². The summed E-state index contributed by atoms with van der Waals surface area (Å²) in [6.07, 6.45) is 8.36. The molecular weight excluding hydrogens is 248 g/mol. The van der Waals surface area contributed by atoms with E-state index in [9.17, 15) is 4.79 Å². The molecular formula is C17H26N2O. The standard InChI is InChI=1S/C17H26N2O/c1-19(16-9-5-8-15(12-16)13-18)17(20)11-10-14-6-3-2-4-7-14/h5,8-9,12,14H,2-4,6-7,10-11,13,18H2,1H3. The molecule has 0 aromatic heterocycles. The van der Waals surface area contributed by atoms with Crippen LogP contribution < -0.4 is 10.6 Å². The lowest BCUT2D eigenvalue weighted by atomic mass is 9.86. The van der Waals surface area contributed by atoms with Crippen molar-refractivity contribution in [3.05, 3.63) is 29.8 Å². The lowest BCUT2D eigenvalue weighted by Crippen LogP contribution is -2.26. The quantitative estimate of drug-likeness (QED) is 0.893. The van der Waals surface area contributed by atoms with Gasteiger partial charge in [0, 0.05) is 25.7 Å². The third kappa shape index (κ3) is 4.07. The summed E-state index contributed by atoms with van der Waals surface area (Å²) in [6, 6.07) is 7.92. The van der Waals surface area contributed by atoms with Crippen molar-refractivity contribution in [2.24, 2.45) is 11.7 Å². The van der Waals surface area contributed by atoms with Gasteiger partial charge in [-0.05, 0) is 30.0 Å². The zero-order valence-electron chi connectivity index (χ0n) is 12.5. The highest BCUT2D eigenvalue weighted by Crippen LogP contribution is 2.27. The highest BCUT2D eigenvalue weighted by atomic mass is 16.2. The van der Waals surface area contributed by atoms with Gasteiger partial charge in [0.05, 0.1) is 0 Å². The van der Waals surface area contributed by atoms with Gasteiger partial charge in [0.2, 0.25) is 5.91 Å². The summed E-state index contributed by atoms with van der Waals surface area (Å²) in [4.78, 5) is 14.0. The smallest absolute Gasteiger partial charge is 0.226 e. The second-order valence-electron chi connectivity index (χ2n) is 5.87. The van der Waals surface area contributed by atoms with Gasteiger partial charge in [0.1, 0.15) is 0 Å². The number of hydrogen-bond donors (Lipinski definition) is 1. The number of hydrogen-bond acceptors (Lipinski definition) is 2. The zero-order chi connectivity index (χ0) is 14.4.